The van der Waals surface area contributed by atoms with Crippen LogP contribution in [0.5, 0.6) is 0 Å². The van der Waals surface area contributed by atoms with E-state index >= 15 is 0 Å². The van der Waals surface area contributed by atoms with Crippen molar-refractivity contribution in [3.8, 4) is 22.4 Å². The Balaban J connectivity index is 1.71. The average molecular weight is 364 g/mol. The summed E-state index contributed by atoms with van der Waals surface area (Å²) in [7, 11) is 0. The molecule has 0 atom stereocenters. The summed E-state index contributed by atoms with van der Waals surface area (Å²) in [6, 6.07) is 26.8. The maximum absolute atomic E-state index is 8.34. The lowest BCUT2D eigenvalue weighted by Crippen LogP contribution is -1.90. The summed E-state index contributed by atoms with van der Waals surface area (Å²) < 4.78 is 14.6. The number of fused-ring (bicyclic) bond motifs is 3. The van der Waals surface area contributed by atoms with E-state index in [-0.39, 0.29) is 0 Å². The van der Waals surface area contributed by atoms with Crippen molar-refractivity contribution in [3.63, 3.8) is 0 Å². The molecule has 0 bridgehead atoms. The minimum atomic E-state index is -0.677. The number of furan rings is 1. The van der Waals surface area contributed by atoms with Crippen molar-refractivity contribution >= 4 is 21.9 Å². The van der Waals surface area contributed by atoms with Crippen LogP contribution in [0, 0.1) is 0 Å². The van der Waals surface area contributed by atoms with Crippen LogP contribution in [0.2, 0.25) is 0 Å². The molecule has 0 spiro atoms. The van der Waals surface area contributed by atoms with Crippen LogP contribution in [0.1, 0.15) is 26.7 Å². The summed E-state index contributed by atoms with van der Waals surface area (Å²) in [4.78, 5) is 4.57. The first kappa shape index (κ1) is 15.6. The van der Waals surface area contributed by atoms with Gasteiger partial charge in [0.2, 0.25) is 0 Å². The summed E-state index contributed by atoms with van der Waals surface area (Å²) >= 11 is 0. The van der Waals surface area contributed by atoms with Gasteiger partial charge in [-0.1, -0.05) is 62.4 Å². The Morgan fingerprint density at radius 1 is 0.821 bits per heavy atom. The highest BCUT2D eigenvalue weighted by Gasteiger charge is 2.14. The van der Waals surface area contributed by atoms with Crippen LogP contribution in [0.4, 0.5) is 0 Å². The van der Waals surface area contributed by atoms with Gasteiger partial charge in [0.1, 0.15) is 11.2 Å². The summed E-state index contributed by atoms with van der Waals surface area (Å²) in [6.45, 7) is 3.78. The Kier molecular flexibility index (Phi) is 3.71. The molecular formula is C26H21NO. The van der Waals surface area contributed by atoms with E-state index in [4.69, 9.17) is 5.79 Å². The third kappa shape index (κ3) is 2.78. The van der Waals surface area contributed by atoms with Gasteiger partial charge in [-0.15, -0.1) is 0 Å². The Bertz CT molecular complexity index is 1330. The number of rotatable bonds is 3. The number of aromatic nitrogens is 1. The fraction of sp³-hybridized carbons (Fsp3) is 0.115. The van der Waals surface area contributed by atoms with E-state index in [1.165, 1.54) is 11.1 Å². The quantitative estimate of drug-likeness (QED) is 0.332. The van der Waals surface area contributed by atoms with Gasteiger partial charge in [-0.25, -0.2) is 0 Å². The molecule has 0 radical (unpaired) electrons. The van der Waals surface area contributed by atoms with Gasteiger partial charge in [0.05, 0.1) is 5.69 Å². The summed E-state index contributed by atoms with van der Waals surface area (Å²) in [5, 5.41) is 2.17. The molecule has 0 unspecified atom stereocenters. The lowest BCUT2D eigenvalue weighted by molar-refractivity contribution is 0.670. The van der Waals surface area contributed by atoms with Gasteiger partial charge in [0.25, 0.3) is 0 Å². The van der Waals surface area contributed by atoms with E-state index in [1.807, 2.05) is 50.2 Å². The first-order chi connectivity index (χ1) is 14.0. The predicted octanol–water partition coefficient (Wildman–Crippen LogP) is 7.44. The first-order valence-electron chi connectivity index (χ1n) is 9.98. The Morgan fingerprint density at radius 2 is 1.68 bits per heavy atom. The standard InChI is InChI=1S/C26H21NO/c1-17(2)19-13-14-27-24(16-19)22-10-6-9-21-23-15-20(18-7-4-3-5-8-18)11-12-25(23)28-26(21)22/h3-17H,1-2H3/i17D. The Hall–Kier alpha value is -3.39. The lowest BCUT2D eigenvalue weighted by Gasteiger charge is -2.07. The second kappa shape index (κ2) is 6.65. The fourth-order valence-electron chi connectivity index (χ4n) is 3.70. The fourth-order valence-corrected chi connectivity index (χ4v) is 3.70. The van der Waals surface area contributed by atoms with Crippen molar-refractivity contribution in [2.75, 3.05) is 0 Å². The van der Waals surface area contributed by atoms with Gasteiger partial charge in [-0.05, 0) is 52.9 Å². The number of hydrogen-bond donors (Lipinski definition) is 0. The molecule has 0 fully saturated rings. The smallest absolute Gasteiger partial charge is 0.144 e. The summed E-state index contributed by atoms with van der Waals surface area (Å²) in [5.74, 6) is -0.677. The van der Waals surface area contributed by atoms with Crippen molar-refractivity contribution in [1.82, 2.24) is 4.98 Å². The van der Waals surface area contributed by atoms with Crippen LogP contribution < -0.4 is 0 Å². The monoisotopic (exact) mass is 364 g/mol. The molecule has 0 N–H and O–H groups in total. The molecule has 2 heterocycles. The maximum atomic E-state index is 8.34. The molecular weight excluding hydrogens is 342 g/mol. The second-order valence-corrected chi connectivity index (χ2v) is 7.29. The number of para-hydroxylation sites is 1. The molecule has 0 saturated heterocycles. The average Bonchev–Trinajstić information content (AvgIpc) is 3.12. The van der Waals surface area contributed by atoms with E-state index in [0.717, 1.165) is 38.8 Å². The first-order valence-corrected chi connectivity index (χ1v) is 9.48. The van der Waals surface area contributed by atoms with Crippen LogP contribution >= 0.6 is 0 Å². The maximum Gasteiger partial charge on any atom is 0.144 e. The van der Waals surface area contributed by atoms with Crippen molar-refractivity contribution in [2.24, 2.45) is 0 Å². The molecule has 3 aromatic carbocycles. The van der Waals surface area contributed by atoms with Gasteiger partial charge in [-0.2, -0.15) is 0 Å². The van der Waals surface area contributed by atoms with Gasteiger partial charge in [-0.3, -0.25) is 4.98 Å². The van der Waals surface area contributed by atoms with Gasteiger partial charge in [0, 0.05) is 23.9 Å². The molecule has 0 aliphatic carbocycles. The molecule has 136 valence electrons. The third-order valence-electron chi connectivity index (χ3n) is 5.22. The zero-order valence-electron chi connectivity index (χ0n) is 16.9. The van der Waals surface area contributed by atoms with Crippen LogP contribution in [0.15, 0.2) is 89.5 Å². The van der Waals surface area contributed by atoms with Gasteiger partial charge >= 0.3 is 0 Å². The van der Waals surface area contributed by atoms with Crippen molar-refractivity contribution in [3.05, 3.63) is 90.6 Å². The highest BCUT2D eigenvalue weighted by molar-refractivity contribution is 6.10. The van der Waals surface area contributed by atoms with Gasteiger partial charge < -0.3 is 4.42 Å². The molecule has 5 rings (SSSR count). The second-order valence-electron chi connectivity index (χ2n) is 7.29. The molecule has 2 heteroatoms. The molecule has 28 heavy (non-hydrogen) atoms. The Labute approximate surface area is 165 Å². The zero-order chi connectivity index (χ0) is 20.0. The molecule has 0 amide bonds. The SMILES string of the molecule is [2H]C(C)(C)c1ccnc(-c2cccc3c2oc2ccc(-c4ccccc4)cc23)c1. The molecule has 0 aliphatic heterocycles. The molecule has 2 nitrogen and oxygen atoms in total. The number of pyridine rings is 1. The highest BCUT2D eigenvalue weighted by atomic mass is 16.3. The van der Waals surface area contributed by atoms with E-state index < -0.39 is 5.89 Å². The van der Waals surface area contributed by atoms with Crippen molar-refractivity contribution in [2.45, 2.75) is 19.7 Å². The zero-order valence-corrected chi connectivity index (χ0v) is 15.9. The van der Waals surface area contributed by atoms with Crippen molar-refractivity contribution < 1.29 is 5.79 Å². The number of nitrogens with zero attached hydrogens (tertiary/aromatic N) is 1. The summed E-state index contributed by atoms with van der Waals surface area (Å²) in [5.41, 5.74) is 6.77. The highest BCUT2D eigenvalue weighted by Crippen LogP contribution is 2.37. The molecule has 0 saturated carbocycles. The van der Waals surface area contributed by atoms with Crippen LogP contribution in [0.25, 0.3) is 44.3 Å². The van der Waals surface area contributed by atoms with Crippen LogP contribution in [-0.2, 0) is 0 Å². The van der Waals surface area contributed by atoms with E-state index in [0.29, 0.717) is 0 Å². The third-order valence-corrected chi connectivity index (χ3v) is 5.22. The minimum Gasteiger partial charge on any atom is -0.455 e. The Morgan fingerprint density at radius 3 is 2.50 bits per heavy atom. The topological polar surface area (TPSA) is 26.0 Å². The number of hydrogen-bond acceptors (Lipinski definition) is 2. The minimum absolute atomic E-state index is 0.677. The number of benzene rings is 3. The van der Waals surface area contributed by atoms with E-state index in [2.05, 4.69) is 47.4 Å². The predicted molar refractivity (Wildman–Crippen MR) is 116 cm³/mol. The van der Waals surface area contributed by atoms with Crippen LogP contribution in [0.3, 0.4) is 0 Å². The van der Waals surface area contributed by atoms with Crippen molar-refractivity contribution in [1.29, 1.82) is 0 Å². The largest absolute Gasteiger partial charge is 0.455 e. The lowest BCUT2D eigenvalue weighted by atomic mass is 9.99. The summed E-state index contributed by atoms with van der Waals surface area (Å²) in [6.07, 6.45) is 1.77. The van der Waals surface area contributed by atoms with Gasteiger partial charge in [0.15, 0.2) is 0 Å². The normalized spacial score (nSPS) is 12.4. The molecule has 5 aromatic rings. The van der Waals surface area contributed by atoms with Crippen LogP contribution in [-0.4, -0.2) is 4.98 Å². The van der Waals surface area contributed by atoms with E-state index in [1.54, 1.807) is 6.20 Å². The molecule has 0 aliphatic rings. The van der Waals surface area contributed by atoms with E-state index in [9.17, 15) is 0 Å². The molecule has 2 aromatic heterocycles.